The number of carbonyl (C=O) groups excluding carboxylic acids is 2. The Labute approximate surface area is 156 Å². The molecule has 3 heterocycles. The number of aromatic nitrogens is 1. The van der Waals surface area contributed by atoms with Gasteiger partial charge in [-0.1, -0.05) is 0 Å². The van der Waals surface area contributed by atoms with Crippen LogP contribution in [0.1, 0.15) is 25.8 Å². The summed E-state index contributed by atoms with van der Waals surface area (Å²) in [6.45, 7) is 5.13. The van der Waals surface area contributed by atoms with Gasteiger partial charge < -0.3 is 15.0 Å². The first-order valence-corrected chi connectivity index (χ1v) is 9.71. The molecule has 136 valence electrons. The zero-order valence-corrected chi connectivity index (χ0v) is 15.6. The largest absolute Gasteiger partial charge is 0.493 e. The van der Waals surface area contributed by atoms with Crippen molar-refractivity contribution in [2.45, 2.75) is 32.7 Å². The summed E-state index contributed by atoms with van der Waals surface area (Å²) >= 11 is 1.40. The monoisotopic (exact) mass is 371 g/mol. The zero-order valence-electron chi connectivity index (χ0n) is 14.8. The number of ether oxygens (including phenoxy) is 1. The Bertz CT molecular complexity index is 861. The predicted octanol–water partition coefficient (Wildman–Crippen LogP) is 2.94. The highest BCUT2D eigenvalue weighted by Crippen LogP contribution is 2.32. The normalized spacial score (nSPS) is 19.0. The van der Waals surface area contributed by atoms with Gasteiger partial charge in [-0.25, -0.2) is 4.98 Å². The molecule has 1 fully saturated rings. The molecule has 4 rings (SSSR count). The summed E-state index contributed by atoms with van der Waals surface area (Å²) in [6, 6.07) is 6.18. The fourth-order valence-corrected chi connectivity index (χ4v) is 4.15. The molecule has 2 amide bonds. The van der Waals surface area contributed by atoms with E-state index in [0.29, 0.717) is 11.7 Å². The highest BCUT2D eigenvalue weighted by molar-refractivity contribution is 7.14. The van der Waals surface area contributed by atoms with Crippen molar-refractivity contribution < 1.29 is 14.3 Å². The van der Waals surface area contributed by atoms with Gasteiger partial charge in [0.15, 0.2) is 5.13 Å². The number of rotatable bonds is 4. The van der Waals surface area contributed by atoms with E-state index < -0.39 is 0 Å². The number of anilines is 1. The highest BCUT2D eigenvalue weighted by atomic mass is 32.1. The standard InChI is InChI=1S/C19H21N3O3S/c1-11(2)22-9-14(8-17(22)23)18(24)21-19-20-15(10-26-19)12-3-4-16-13(7-12)5-6-25-16/h3-4,7,10-11,14H,5-6,8-9H2,1-2H3,(H,20,21,24). The molecule has 2 aliphatic rings. The van der Waals surface area contributed by atoms with Crippen LogP contribution in [0, 0.1) is 5.92 Å². The summed E-state index contributed by atoms with van der Waals surface area (Å²) in [7, 11) is 0. The van der Waals surface area contributed by atoms with Crippen molar-refractivity contribution in [3.05, 3.63) is 29.1 Å². The zero-order chi connectivity index (χ0) is 18.3. The van der Waals surface area contributed by atoms with E-state index in [1.54, 1.807) is 4.90 Å². The van der Waals surface area contributed by atoms with E-state index in [1.807, 2.05) is 31.4 Å². The van der Waals surface area contributed by atoms with Crippen molar-refractivity contribution in [2.75, 3.05) is 18.5 Å². The summed E-state index contributed by atoms with van der Waals surface area (Å²) in [4.78, 5) is 30.8. The lowest BCUT2D eigenvalue weighted by atomic mass is 10.1. The quantitative estimate of drug-likeness (QED) is 0.897. The number of thiazole rings is 1. The predicted molar refractivity (Wildman–Crippen MR) is 100 cm³/mol. The number of carbonyl (C=O) groups is 2. The van der Waals surface area contributed by atoms with E-state index in [4.69, 9.17) is 4.74 Å². The van der Waals surface area contributed by atoms with Gasteiger partial charge in [0.25, 0.3) is 0 Å². The number of amides is 2. The van der Waals surface area contributed by atoms with Crippen molar-refractivity contribution in [3.8, 4) is 17.0 Å². The minimum absolute atomic E-state index is 0.0420. The molecule has 1 N–H and O–H groups in total. The third-order valence-electron chi connectivity index (χ3n) is 4.87. The van der Waals surface area contributed by atoms with Crippen LogP contribution in [0.4, 0.5) is 5.13 Å². The fourth-order valence-electron chi connectivity index (χ4n) is 3.42. The first kappa shape index (κ1) is 17.0. The Morgan fingerprint density at radius 3 is 3.04 bits per heavy atom. The Hall–Kier alpha value is -2.41. The molecule has 1 saturated heterocycles. The van der Waals surface area contributed by atoms with E-state index in [-0.39, 0.29) is 30.2 Å². The van der Waals surface area contributed by atoms with Crippen LogP contribution in [0.5, 0.6) is 5.75 Å². The van der Waals surface area contributed by atoms with E-state index in [9.17, 15) is 9.59 Å². The maximum absolute atomic E-state index is 12.5. The molecule has 2 aromatic rings. The molecular formula is C19H21N3O3S. The van der Waals surface area contributed by atoms with Crippen molar-refractivity contribution in [2.24, 2.45) is 5.92 Å². The second-order valence-corrected chi connectivity index (χ2v) is 7.85. The third kappa shape index (κ3) is 3.19. The summed E-state index contributed by atoms with van der Waals surface area (Å²) in [5.74, 6) is 0.539. The molecule has 7 heteroatoms. The van der Waals surface area contributed by atoms with E-state index >= 15 is 0 Å². The van der Waals surface area contributed by atoms with Crippen LogP contribution in [0.3, 0.4) is 0 Å². The van der Waals surface area contributed by atoms with Crippen LogP contribution in [-0.2, 0) is 16.0 Å². The Morgan fingerprint density at radius 1 is 1.42 bits per heavy atom. The maximum atomic E-state index is 12.5. The number of hydrogen-bond acceptors (Lipinski definition) is 5. The lowest BCUT2D eigenvalue weighted by molar-refractivity contribution is -0.129. The Kier molecular flexibility index (Phi) is 4.40. The third-order valence-corrected chi connectivity index (χ3v) is 5.63. The van der Waals surface area contributed by atoms with Gasteiger partial charge >= 0.3 is 0 Å². The minimum Gasteiger partial charge on any atom is -0.493 e. The Balaban J connectivity index is 1.44. The van der Waals surface area contributed by atoms with Gasteiger partial charge in [0, 0.05) is 36.4 Å². The number of fused-ring (bicyclic) bond motifs is 1. The molecule has 6 nitrogen and oxygen atoms in total. The first-order chi connectivity index (χ1) is 12.5. The second kappa shape index (κ2) is 6.72. The number of nitrogens with zero attached hydrogens (tertiary/aromatic N) is 2. The molecule has 0 radical (unpaired) electrons. The van der Waals surface area contributed by atoms with Gasteiger partial charge in [0.2, 0.25) is 11.8 Å². The Morgan fingerprint density at radius 2 is 2.27 bits per heavy atom. The average Bonchev–Trinajstić information content (AvgIpc) is 3.32. The first-order valence-electron chi connectivity index (χ1n) is 8.83. The maximum Gasteiger partial charge on any atom is 0.231 e. The molecule has 1 aromatic heterocycles. The lowest BCUT2D eigenvalue weighted by Crippen LogP contribution is -2.33. The molecule has 26 heavy (non-hydrogen) atoms. The van der Waals surface area contributed by atoms with Gasteiger partial charge in [-0.3, -0.25) is 9.59 Å². The van der Waals surface area contributed by atoms with E-state index in [1.165, 1.54) is 16.9 Å². The molecule has 1 atom stereocenters. The van der Waals surface area contributed by atoms with Crippen molar-refractivity contribution >= 4 is 28.3 Å². The van der Waals surface area contributed by atoms with Crippen molar-refractivity contribution in [3.63, 3.8) is 0 Å². The SMILES string of the molecule is CC(C)N1CC(C(=O)Nc2nc(-c3ccc4c(c3)CCO4)cs2)CC1=O. The smallest absolute Gasteiger partial charge is 0.231 e. The molecule has 0 bridgehead atoms. The molecule has 0 spiro atoms. The molecule has 0 aliphatic carbocycles. The fraction of sp³-hybridized carbons (Fsp3) is 0.421. The molecule has 1 unspecified atom stereocenters. The van der Waals surface area contributed by atoms with Crippen LogP contribution in [0.2, 0.25) is 0 Å². The van der Waals surface area contributed by atoms with Crippen LogP contribution in [-0.4, -0.2) is 40.9 Å². The topological polar surface area (TPSA) is 71.5 Å². The van der Waals surface area contributed by atoms with Gasteiger partial charge in [-0.05, 0) is 37.6 Å². The number of benzene rings is 1. The second-order valence-electron chi connectivity index (χ2n) is 6.99. The number of nitrogens with one attached hydrogen (secondary N) is 1. The number of likely N-dealkylation sites (tertiary alicyclic amines) is 1. The van der Waals surface area contributed by atoms with Gasteiger partial charge in [-0.2, -0.15) is 0 Å². The van der Waals surface area contributed by atoms with Gasteiger partial charge in [0.1, 0.15) is 5.75 Å². The average molecular weight is 371 g/mol. The van der Waals surface area contributed by atoms with Crippen LogP contribution in [0.15, 0.2) is 23.6 Å². The lowest BCUT2D eigenvalue weighted by Gasteiger charge is -2.20. The van der Waals surface area contributed by atoms with Gasteiger partial charge in [-0.15, -0.1) is 11.3 Å². The summed E-state index contributed by atoms with van der Waals surface area (Å²) in [6.07, 6.45) is 1.19. The summed E-state index contributed by atoms with van der Waals surface area (Å²) < 4.78 is 5.53. The summed E-state index contributed by atoms with van der Waals surface area (Å²) in [5, 5.41) is 5.38. The van der Waals surface area contributed by atoms with Crippen LogP contribution >= 0.6 is 11.3 Å². The van der Waals surface area contributed by atoms with E-state index in [0.717, 1.165) is 30.0 Å². The minimum atomic E-state index is -0.311. The molecule has 0 saturated carbocycles. The van der Waals surface area contributed by atoms with Crippen LogP contribution in [0.25, 0.3) is 11.3 Å². The van der Waals surface area contributed by atoms with Crippen LogP contribution < -0.4 is 10.1 Å². The molecular weight excluding hydrogens is 350 g/mol. The number of hydrogen-bond donors (Lipinski definition) is 1. The summed E-state index contributed by atoms with van der Waals surface area (Å²) in [5.41, 5.74) is 3.05. The highest BCUT2D eigenvalue weighted by Gasteiger charge is 2.35. The van der Waals surface area contributed by atoms with Crippen molar-refractivity contribution in [1.82, 2.24) is 9.88 Å². The molecule has 2 aliphatic heterocycles. The molecule has 1 aromatic carbocycles. The van der Waals surface area contributed by atoms with Crippen molar-refractivity contribution in [1.29, 1.82) is 0 Å². The van der Waals surface area contributed by atoms with Gasteiger partial charge in [0.05, 0.1) is 18.2 Å². The van der Waals surface area contributed by atoms with E-state index in [2.05, 4.69) is 16.4 Å².